The van der Waals surface area contributed by atoms with Crippen LogP contribution in [0, 0.1) is 0 Å². The summed E-state index contributed by atoms with van der Waals surface area (Å²) in [4.78, 5) is 38.1. The van der Waals surface area contributed by atoms with Gasteiger partial charge in [0.2, 0.25) is 5.91 Å². The highest BCUT2D eigenvalue weighted by Crippen LogP contribution is 2.25. The number of rotatable bonds is 5. The van der Waals surface area contributed by atoms with Crippen molar-refractivity contribution in [3.8, 4) is 5.75 Å². The first kappa shape index (κ1) is 16.4. The van der Waals surface area contributed by atoms with E-state index >= 15 is 0 Å². The monoisotopic (exact) mass is 295 g/mol. The van der Waals surface area contributed by atoms with Gasteiger partial charge >= 0.3 is 5.97 Å². The van der Waals surface area contributed by atoms with E-state index in [0.29, 0.717) is 0 Å². The number of hydrogen-bond acceptors (Lipinski definition) is 6. The fraction of sp³-hybridized carbons (Fsp3) is 0.385. The quantitative estimate of drug-likeness (QED) is 0.678. The van der Waals surface area contributed by atoms with E-state index in [9.17, 15) is 19.5 Å². The molecule has 1 rings (SSSR count). The molecule has 1 aromatic rings. The summed E-state index contributed by atoms with van der Waals surface area (Å²) in [6.45, 7) is 4.56. The Balaban J connectivity index is 2.88. The SMILES string of the molecule is CCOC(=O)C(C)NC(=O)c1nccc(NC(C)=O)c1O. The Bertz CT molecular complexity index is 559. The van der Waals surface area contributed by atoms with Crippen molar-refractivity contribution in [2.45, 2.75) is 26.8 Å². The van der Waals surface area contributed by atoms with Crippen molar-refractivity contribution in [1.82, 2.24) is 10.3 Å². The van der Waals surface area contributed by atoms with Gasteiger partial charge in [-0.1, -0.05) is 0 Å². The summed E-state index contributed by atoms with van der Waals surface area (Å²) in [6.07, 6.45) is 1.26. The van der Waals surface area contributed by atoms with Crippen LogP contribution in [-0.2, 0) is 14.3 Å². The summed E-state index contributed by atoms with van der Waals surface area (Å²) < 4.78 is 4.75. The number of nitrogens with zero attached hydrogens (tertiary/aromatic N) is 1. The number of amides is 2. The van der Waals surface area contributed by atoms with Gasteiger partial charge in [-0.3, -0.25) is 9.59 Å². The van der Waals surface area contributed by atoms with Crippen molar-refractivity contribution < 1.29 is 24.2 Å². The highest BCUT2D eigenvalue weighted by Gasteiger charge is 2.22. The van der Waals surface area contributed by atoms with Crippen LogP contribution >= 0.6 is 0 Å². The Labute approximate surface area is 121 Å². The lowest BCUT2D eigenvalue weighted by molar-refractivity contribution is -0.144. The molecule has 0 bridgehead atoms. The summed E-state index contributed by atoms with van der Waals surface area (Å²) in [5, 5.41) is 14.6. The first-order chi connectivity index (χ1) is 9.86. The first-order valence-corrected chi connectivity index (χ1v) is 6.29. The minimum atomic E-state index is -0.886. The Hall–Kier alpha value is -2.64. The zero-order valence-electron chi connectivity index (χ0n) is 12.0. The molecule has 3 N–H and O–H groups in total. The van der Waals surface area contributed by atoms with Crippen molar-refractivity contribution in [3.63, 3.8) is 0 Å². The third-order valence-corrected chi connectivity index (χ3v) is 2.44. The van der Waals surface area contributed by atoms with E-state index in [1.54, 1.807) is 6.92 Å². The van der Waals surface area contributed by atoms with E-state index in [-0.39, 0.29) is 18.0 Å². The standard InChI is InChI=1S/C13H17N3O5/c1-4-21-13(20)7(2)15-12(19)10-11(18)9(5-6-14-10)16-8(3)17/h5-7,18H,4H2,1-3H3,(H,15,19)(H,14,16,17). The summed E-state index contributed by atoms with van der Waals surface area (Å²) in [6, 6.07) is 0.463. The van der Waals surface area contributed by atoms with Gasteiger partial charge in [-0.15, -0.1) is 0 Å². The van der Waals surface area contributed by atoms with Crippen LogP contribution in [0.15, 0.2) is 12.3 Å². The van der Waals surface area contributed by atoms with E-state index in [1.165, 1.54) is 26.1 Å². The van der Waals surface area contributed by atoms with Gasteiger partial charge in [0.15, 0.2) is 11.4 Å². The van der Waals surface area contributed by atoms with E-state index < -0.39 is 29.6 Å². The van der Waals surface area contributed by atoms with Gasteiger partial charge in [0, 0.05) is 13.1 Å². The topological polar surface area (TPSA) is 118 Å². The lowest BCUT2D eigenvalue weighted by Gasteiger charge is -2.13. The van der Waals surface area contributed by atoms with E-state index in [1.807, 2.05) is 0 Å². The molecular formula is C13H17N3O5. The molecule has 114 valence electrons. The molecule has 1 unspecified atom stereocenters. The minimum Gasteiger partial charge on any atom is -0.504 e. The molecular weight excluding hydrogens is 278 g/mol. The van der Waals surface area contributed by atoms with Crippen molar-refractivity contribution in [2.75, 3.05) is 11.9 Å². The molecule has 1 atom stereocenters. The van der Waals surface area contributed by atoms with Crippen molar-refractivity contribution >= 4 is 23.5 Å². The molecule has 0 aliphatic heterocycles. The smallest absolute Gasteiger partial charge is 0.328 e. The summed E-state index contributed by atoms with van der Waals surface area (Å²) in [5.41, 5.74) is -0.233. The average Bonchev–Trinajstić information content (AvgIpc) is 2.40. The van der Waals surface area contributed by atoms with Crippen LogP contribution in [0.1, 0.15) is 31.3 Å². The first-order valence-electron chi connectivity index (χ1n) is 6.29. The van der Waals surface area contributed by atoms with Crippen LogP contribution in [0.3, 0.4) is 0 Å². The highest BCUT2D eigenvalue weighted by molar-refractivity contribution is 6.00. The summed E-state index contributed by atoms with van der Waals surface area (Å²) >= 11 is 0. The molecule has 21 heavy (non-hydrogen) atoms. The molecule has 1 aromatic heterocycles. The predicted molar refractivity (Wildman–Crippen MR) is 73.8 cm³/mol. The third-order valence-electron chi connectivity index (χ3n) is 2.44. The fourth-order valence-corrected chi connectivity index (χ4v) is 1.50. The molecule has 8 nitrogen and oxygen atoms in total. The number of ether oxygens (including phenoxy) is 1. The Morgan fingerprint density at radius 2 is 2.10 bits per heavy atom. The normalized spacial score (nSPS) is 11.4. The maximum atomic E-state index is 12.0. The number of carbonyl (C=O) groups is 3. The van der Waals surface area contributed by atoms with Crippen molar-refractivity contribution in [2.24, 2.45) is 0 Å². The second-order valence-corrected chi connectivity index (χ2v) is 4.18. The van der Waals surface area contributed by atoms with Crippen molar-refractivity contribution in [3.05, 3.63) is 18.0 Å². The number of nitrogens with one attached hydrogen (secondary N) is 2. The molecule has 2 amide bonds. The largest absolute Gasteiger partial charge is 0.504 e. The average molecular weight is 295 g/mol. The van der Waals surface area contributed by atoms with Gasteiger partial charge in [0.1, 0.15) is 6.04 Å². The van der Waals surface area contributed by atoms with Crippen LogP contribution in [0.25, 0.3) is 0 Å². The Morgan fingerprint density at radius 3 is 2.67 bits per heavy atom. The number of aromatic nitrogens is 1. The molecule has 8 heteroatoms. The molecule has 0 fully saturated rings. The number of anilines is 1. The number of pyridine rings is 1. The van der Waals surface area contributed by atoms with Crippen LogP contribution in [0.4, 0.5) is 5.69 Å². The van der Waals surface area contributed by atoms with E-state index in [4.69, 9.17) is 4.74 Å². The van der Waals surface area contributed by atoms with Crippen LogP contribution in [-0.4, -0.2) is 40.5 Å². The van der Waals surface area contributed by atoms with Crippen LogP contribution in [0.2, 0.25) is 0 Å². The van der Waals surface area contributed by atoms with Gasteiger partial charge < -0.3 is 20.5 Å². The molecule has 0 radical (unpaired) electrons. The molecule has 1 heterocycles. The molecule has 0 saturated carbocycles. The number of hydrogen-bond donors (Lipinski definition) is 3. The summed E-state index contributed by atoms with van der Waals surface area (Å²) in [7, 11) is 0. The van der Waals surface area contributed by atoms with Gasteiger partial charge in [0.25, 0.3) is 5.91 Å². The number of esters is 1. The molecule has 0 aliphatic rings. The fourth-order valence-electron chi connectivity index (χ4n) is 1.50. The van der Waals surface area contributed by atoms with Gasteiger partial charge in [-0.05, 0) is 19.9 Å². The number of carbonyl (C=O) groups excluding carboxylic acids is 3. The molecule has 0 aliphatic carbocycles. The number of aromatic hydroxyl groups is 1. The third kappa shape index (κ3) is 4.44. The van der Waals surface area contributed by atoms with Crippen molar-refractivity contribution in [1.29, 1.82) is 0 Å². The van der Waals surface area contributed by atoms with Gasteiger partial charge in [-0.25, -0.2) is 9.78 Å². The molecule has 0 saturated heterocycles. The molecule has 0 spiro atoms. The zero-order chi connectivity index (χ0) is 16.0. The predicted octanol–water partition coefficient (Wildman–Crippen LogP) is 0.427. The van der Waals surface area contributed by atoms with E-state index in [2.05, 4.69) is 15.6 Å². The Morgan fingerprint density at radius 1 is 1.43 bits per heavy atom. The maximum absolute atomic E-state index is 12.0. The Kier molecular flexibility index (Phi) is 5.65. The second-order valence-electron chi connectivity index (χ2n) is 4.18. The van der Waals surface area contributed by atoms with Crippen LogP contribution < -0.4 is 10.6 Å². The van der Waals surface area contributed by atoms with E-state index in [0.717, 1.165) is 0 Å². The highest BCUT2D eigenvalue weighted by atomic mass is 16.5. The van der Waals surface area contributed by atoms with Gasteiger partial charge in [0.05, 0.1) is 12.3 Å². The van der Waals surface area contributed by atoms with Gasteiger partial charge in [-0.2, -0.15) is 0 Å². The maximum Gasteiger partial charge on any atom is 0.328 e. The zero-order valence-corrected chi connectivity index (χ0v) is 12.0. The summed E-state index contributed by atoms with van der Waals surface area (Å²) in [5.74, 6) is -2.22. The lowest BCUT2D eigenvalue weighted by atomic mass is 10.2. The lowest BCUT2D eigenvalue weighted by Crippen LogP contribution is -2.39. The second kappa shape index (κ2) is 7.22. The van der Waals surface area contributed by atoms with Crippen LogP contribution in [0.5, 0.6) is 5.75 Å². The molecule has 0 aromatic carbocycles. The minimum absolute atomic E-state index is 0.0615.